The highest BCUT2D eigenvalue weighted by Crippen LogP contribution is 2.33. The summed E-state index contributed by atoms with van der Waals surface area (Å²) in [5, 5.41) is 0.625. The fourth-order valence-electron chi connectivity index (χ4n) is 4.42. The Morgan fingerprint density at radius 2 is 1.44 bits per heavy atom. The largest absolute Gasteiger partial charge is 0.354 e. The average Bonchev–Trinajstić information content (AvgIpc) is 3.23. The molecule has 0 aliphatic carbocycles. The molecule has 1 saturated heterocycles. The number of hydrogen-bond acceptors (Lipinski definition) is 3. The number of benzene rings is 3. The van der Waals surface area contributed by atoms with Crippen LogP contribution in [0.3, 0.4) is 0 Å². The molecule has 1 aliphatic heterocycles. The Hall–Kier alpha value is -3.22. The van der Waals surface area contributed by atoms with Crippen LogP contribution in [0.2, 0.25) is 0 Å². The van der Waals surface area contributed by atoms with E-state index in [0.717, 1.165) is 47.8 Å². The third-order valence-corrected chi connectivity index (χ3v) is 8.06. The Bertz CT molecular complexity index is 1370. The van der Waals surface area contributed by atoms with Crippen molar-refractivity contribution in [2.45, 2.75) is 24.2 Å². The lowest BCUT2D eigenvalue weighted by Crippen LogP contribution is -2.35. The van der Waals surface area contributed by atoms with Crippen molar-refractivity contribution in [3.05, 3.63) is 78.4 Å². The first-order valence-corrected chi connectivity index (χ1v) is 12.3. The summed E-state index contributed by atoms with van der Waals surface area (Å²) in [5.41, 5.74) is 5.01. The summed E-state index contributed by atoms with van der Waals surface area (Å²) >= 11 is 0. The lowest BCUT2D eigenvalue weighted by atomic mass is 10.0. The van der Waals surface area contributed by atoms with Crippen molar-refractivity contribution in [1.82, 2.24) is 9.29 Å². The quantitative estimate of drug-likeness (QED) is 0.414. The summed E-state index contributed by atoms with van der Waals surface area (Å²) in [7, 11) is -3.57. The van der Waals surface area contributed by atoms with Crippen LogP contribution < -0.4 is 0 Å². The maximum absolute atomic E-state index is 13.1. The van der Waals surface area contributed by atoms with E-state index in [1.54, 1.807) is 22.5 Å². The first-order chi connectivity index (χ1) is 15.6. The summed E-state index contributed by atoms with van der Waals surface area (Å²) in [6, 6.07) is 23.1. The molecule has 0 bridgehead atoms. The minimum atomic E-state index is -3.57. The molecule has 32 heavy (non-hydrogen) atoms. The number of sulfonamides is 1. The number of carbonyl (C=O) groups excluding carboxylic acids is 1. The van der Waals surface area contributed by atoms with Crippen molar-refractivity contribution in [2.75, 3.05) is 13.1 Å². The normalized spacial score (nSPS) is 15.1. The van der Waals surface area contributed by atoms with Crippen LogP contribution in [-0.2, 0) is 10.0 Å². The summed E-state index contributed by atoms with van der Waals surface area (Å²) in [5.74, 6) is 0. The van der Waals surface area contributed by atoms with Gasteiger partial charge in [0.2, 0.25) is 10.0 Å². The smallest absolute Gasteiger partial charge is 0.243 e. The Balaban J connectivity index is 1.54. The molecule has 162 valence electrons. The van der Waals surface area contributed by atoms with Gasteiger partial charge in [-0.05, 0) is 47.7 Å². The summed E-state index contributed by atoms with van der Waals surface area (Å²) in [6.07, 6.45) is 3.63. The molecule has 1 aliphatic rings. The van der Waals surface area contributed by atoms with Gasteiger partial charge >= 0.3 is 0 Å². The first kappa shape index (κ1) is 20.7. The molecule has 0 amide bonds. The second kappa shape index (κ2) is 8.37. The molecule has 6 heteroatoms. The highest BCUT2D eigenvalue weighted by atomic mass is 32.2. The van der Waals surface area contributed by atoms with Crippen LogP contribution in [0.15, 0.2) is 77.7 Å². The number of carbonyl (C=O) groups is 1. The maximum Gasteiger partial charge on any atom is 0.243 e. The van der Waals surface area contributed by atoms with Gasteiger partial charge in [-0.2, -0.15) is 4.31 Å². The molecule has 0 saturated carbocycles. The zero-order valence-electron chi connectivity index (χ0n) is 17.6. The molecule has 0 unspecified atom stereocenters. The monoisotopic (exact) mass is 444 g/mol. The maximum atomic E-state index is 13.1. The minimum absolute atomic E-state index is 0.236. The van der Waals surface area contributed by atoms with Gasteiger partial charge in [0.05, 0.1) is 10.6 Å². The second-order valence-corrected chi connectivity index (χ2v) is 10.1. The SMILES string of the molecule is O=Cc1c(-c2ccc(-c3ccccc3)cc2)[nH]c2ccc(S(=O)(=O)N3CCCCC3)cc12. The Morgan fingerprint density at radius 1 is 0.781 bits per heavy atom. The topological polar surface area (TPSA) is 70.2 Å². The molecule has 0 radical (unpaired) electrons. The van der Waals surface area contributed by atoms with Crippen molar-refractivity contribution in [1.29, 1.82) is 0 Å². The van der Waals surface area contributed by atoms with E-state index in [-0.39, 0.29) is 4.90 Å². The van der Waals surface area contributed by atoms with Gasteiger partial charge in [-0.3, -0.25) is 4.79 Å². The number of H-pyrrole nitrogens is 1. The van der Waals surface area contributed by atoms with Crippen LogP contribution in [0.1, 0.15) is 29.6 Å². The van der Waals surface area contributed by atoms with Crippen LogP contribution in [0, 0.1) is 0 Å². The molecule has 1 fully saturated rings. The van der Waals surface area contributed by atoms with Crippen molar-refractivity contribution >= 4 is 27.2 Å². The summed E-state index contributed by atoms with van der Waals surface area (Å²) in [4.78, 5) is 15.6. The van der Waals surface area contributed by atoms with E-state index >= 15 is 0 Å². The zero-order chi connectivity index (χ0) is 22.1. The van der Waals surface area contributed by atoms with Gasteiger partial charge in [0.25, 0.3) is 0 Å². The van der Waals surface area contributed by atoms with E-state index in [1.807, 2.05) is 42.5 Å². The number of nitrogens with zero attached hydrogens (tertiary/aromatic N) is 1. The van der Waals surface area contributed by atoms with Gasteiger partial charge in [0.15, 0.2) is 6.29 Å². The van der Waals surface area contributed by atoms with Gasteiger partial charge in [0.1, 0.15) is 0 Å². The standard InChI is InChI=1S/C26H24N2O3S/c29-18-24-23-17-22(32(30,31)28-15-5-2-6-16-28)13-14-25(23)27-26(24)21-11-9-20(10-12-21)19-7-3-1-4-8-19/h1,3-4,7-14,17-18,27H,2,5-6,15-16H2. The van der Waals surface area contributed by atoms with Crippen LogP contribution in [0.4, 0.5) is 0 Å². The lowest BCUT2D eigenvalue weighted by molar-refractivity contribution is 0.112. The van der Waals surface area contributed by atoms with Crippen molar-refractivity contribution < 1.29 is 13.2 Å². The first-order valence-electron chi connectivity index (χ1n) is 10.8. The minimum Gasteiger partial charge on any atom is -0.354 e. The zero-order valence-corrected chi connectivity index (χ0v) is 18.4. The lowest BCUT2D eigenvalue weighted by Gasteiger charge is -2.25. The molecular weight excluding hydrogens is 420 g/mol. The molecular formula is C26H24N2O3S. The molecule has 0 spiro atoms. The highest BCUT2D eigenvalue weighted by Gasteiger charge is 2.26. The van der Waals surface area contributed by atoms with Crippen LogP contribution in [0.25, 0.3) is 33.3 Å². The fraction of sp³-hybridized carbons (Fsp3) is 0.192. The van der Waals surface area contributed by atoms with Crippen LogP contribution in [0.5, 0.6) is 0 Å². The molecule has 1 aromatic heterocycles. The molecule has 4 aromatic rings. The van der Waals surface area contributed by atoms with E-state index in [2.05, 4.69) is 17.1 Å². The Kier molecular flexibility index (Phi) is 5.41. The van der Waals surface area contributed by atoms with E-state index in [1.165, 1.54) is 0 Å². The molecule has 3 aromatic carbocycles. The summed E-state index contributed by atoms with van der Waals surface area (Å²) < 4.78 is 27.8. The van der Waals surface area contributed by atoms with Gasteiger partial charge < -0.3 is 4.98 Å². The van der Waals surface area contributed by atoms with Gasteiger partial charge in [-0.15, -0.1) is 0 Å². The average molecular weight is 445 g/mol. The van der Waals surface area contributed by atoms with E-state index in [9.17, 15) is 13.2 Å². The fourth-order valence-corrected chi connectivity index (χ4v) is 5.96. The Labute approximate surface area is 187 Å². The van der Waals surface area contributed by atoms with Crippen molar-refractivity contribution in [2.24, 2.45) is 0 Å². The number of piperidine rings is 1. The number of nitrogens with one attached hydrogen (secondary N) is 1. The van der Waals surface area contributed by atoms with E-state index in [4.69, 9.17) is 0 Å². The molecule has 1 N–H and O–H groups in total. The third kappa shape index (κ3) is 3.66. The number of fused-ring (bicyclic) bond motifs is 1. The number of aromatic nitrogens is 1. The van der Waals surface area contributed by atoms with Gasteiger partial charge in [-0.25, -0.2) is 8.42 Å². The van der Waals surface area contributed by atoms with Crippen LogP contribution >= 0.6 is 0 Å². The number of rotatable bonds is 5. The van der Waals surface area contributed by atoms with Crippen molar-refractivity contribution in [3.8, 4) is 22.4 Å². The van der Waals surface area contributed by atoms with E-state index in [0.29, 0.717) is 29.7 Å². The molecule has 5 rings (SSSR count). The van der Waals surface area contributed by atoms with E-state index < -0.39 is 10.0 Å². The van der Waals surface area contributed by atoms with Gasteiger partial charge in [-0.1, -0.05) is 61.0 Å². The van der Waals surface area contributed by atoms with Crippen LogP contribution in [-0.4, -0.2) is 37.1 Å². The van der Waals surface area contributed by atoms with Crippen molar-refractivity contribution in [3.63, 3.8) is 0 Å². The molecule has 2 heterocycles. The number of aromatic amines is 1. The number of aldehydes is 1. The predicted molar refractivity (Wildman–Crippen MR) is 127 cm³/mol. The number of hydrogen-bond donors (Lipinski definition) is 1. The molecule has 5 nitrogen and oxygen atoms in total. The summed E-state index contributed by atoms with van der Waals surface area (Å²) in [6.45, 7) is 1.10. The van der Waals surface area contributed by atoms with Gasteiger partial charge in [0, 0.05) is 29.6 Å². The predicted octanol–water partition coefficient (Wildman–Crippen LogP) is 5.49. The Morgan fingerprint density at radius 3 is 2.12 bits per heavy atom. The second-order valence-electron chi connectivity index (χ2n) is 8.15. The highest BCUT2D eigenvalue weighted by molar-refractivity contribution is 7.89. The molecule has 0 atom stereocenters. The third-order valence-electron chi connectivity index (χ3n) is 6.16.